The molecular formula is C24H29N3O2. The van der Waals surface area contributed by atoms with E-state index in [1.165, 1.54) is 5.56 Å². The van der Waals surface area contributed by atoms with Gasteiger partial charge in [0.05, 0.1) is 17.6 Å². The molecule has 0 N–H and O–H groups in total. The largest absolute Gasteiger partial charge is 0.492 e. The molecule has 5 nitrogen and oxygen atoms in total. The van der Waals surface area contributed by atoms with Crippen molar-refractivity contribution in [3.8, 4) is 5.75 Å². The molecule has 0 saturated carbocycles. The van der Waals surface area contributed by atoms with Crippen LogP contribution in [0.2, 0.25) is 0 Å². The Morgan fingerprint density at radius 1 is 1.10 bits per heavy atom. The predicted molar refractivity (Wildman–Crippen MR) is 115 cm³/mol. The number of amides is 1. The highest BCUT2D eigenvalue weighted by molar-refractivity contribution is 5.80. The van der Waals surface area contributed by atoms with Crippen LogP contribution < -0.4 is 4.74 Å². The summed E-state index contributed by atoms with van der Waals surface area (Å²) < 4.78 is 8.25. The minimum atomic E-state index is 0.131. The standard InChI is InChI=1S/C24H29N3O2/c1-24(2,3)18-9-11-19(12-10-18)29-14-13-27-21-8-6-5-7-20(21)25-23(27)17-15-22(28)26(4)16-17/h5-12,17H,13-16H2,1-4H3. The smallest absolute Gasteiger partial charge is 0.223 e. The van der Waals surface area contributed by atoms with Crippen molar-refractivity contribution in [1.29, 1.82) is 0 Å². The molecule has 1 fully saturated rings. The summed E-state index contributed by atoms with van der Waals surface area (Å²) in [6, 6.07) is 16.5. The minimum Gasteiger partial charge on any atom is -0.492 e. The van der Waals surface area contributed by atoms with Crippen molar-refractivity contribution in [3.05, 3.63) is 59.9 Å². The molecule has 0 bridgehead atoms. The number of rotatable bonds is 5. The van der Waals surface area contributed by atoms with Gasteiger partial charge in [-0.25, -0.2) is 4.98 Å². The number of aromatic nitrogens is 2. The predicted octanol–water partition coefficient (Wildman–Crippen LogP) is 4.36. The normalized spacial score (nSPS) is 17.3. The number of carbonyl (C=O) groups excluding carboxylic acids is 1. The van der Waals surface area contributed by atoms with Crippen molar-refractivity contribution in [1.82, 2.24) is 14.5 Å². The summed E-state index contributed by atoms with van der Waals surface area (Å²) in [7, 11) is 1.86. The fraction of sp³-hybridized carbons (Fsp3) is 0.417. The Kier molecular flexibility index (Phi) is 5.07. The maximum Gasteiger partial charge on any atom is 0.223 e. The molecule has 0 radical (unpaired) electrons. The van der Waals surface area contributed by atoms with E-state index in [-0.39, 0.29) is 17.2 Å². The van der Waals surface area contributed by atoms with Crippen molar-refractivity contribution in [2.75, 3.05) is 20.2 Å². The molecule has 1 atom stereocenters. The number of ether oxygens (including phenoxy) is 1. The van der Waals surface area contributed by atoms with Gasteiger partial charge in [0.1, 0.15) is 18.2 Å². The van der Waals surface area contributed by atoms with Crippen LogP contribution in [0.4, 0.5) is 0 Å². The highest BCUT2D eigenvalue weighted by Crippen LogP contribution is 2.30. The van der Waals surface area contributed by atoms with Gasteiger partial charge in [-0.1, -0.05) is 45.0 Å². The van der Waals surface area contributed by atoms with Crippen LogP contribution in [0.1, 0.15) is 44.5 Å². The summed E-state index contributed by atoms with van der Waals surface area (Å²) in [5, 5.41) is 0. The lowest BCUT2D eigenvalue weighted by molar-refractivity contribution is -0.126. The zero-order valence-corrected chi connectivity index (χ0v) is 17.7. The van der Waals surface area contributed by atoms with E-state index in [0.29, 0.717) is 19.6 Å². The fourth-order valence-electron chi connectivity index (χ4n) is 3.98. The van der Waals surface area contributed by atoms with Gasteiger partial charge >= 0.3 is 0 Å². The molecule has 152 valence electrons. The van der Waals surface area contributed by atoms with E-state index in [1.54, 1.807) is 4.90 Å². The van der Waals surface area contributed by atoms with Crippen LogP contribution in [-0.2, 0) is 16.8 Å². The number of nitrogens with zero attached hydrogens (tertiary/aromatic N) is 3. The first-order chi connectivity index (χ1) is 13.8. The average molecular weight is 392 g/mol. The Bertz CT molecular complexity index is 1010. The summed E-state index contributed by atoms with van der Waals surface area (Å²) in [5.74, 6) is 2.17. The number of para-hydroxylation sites is 2. The third-order valence-corrected chi connectivity index (χ3v) is 5.69. The molecule has 1 saturated heterocycles. The lowest BCUT2D eigenvalue weighted by Crippen LogP contribution is -2.19. The van der Waals surface area contributed by atoms with E-state index in [1.807, 2.05) is 37.4 Å². The van der Waals surface area contributed by atoms with Crippen LogP contribution in [0, 0.1) is 0 Å². The first kappa shape index (κ1) is 19.5. The maximum atomic E-state index is 12.0. The maximum absolute atomic E-state index is 12.0. The first-order valence-corrected chi connectivity index (χ1v) is 10.3. The molecule has 2 heterocycles. The van der Waals surface area contributed by atoms with E-state index in [0.717, 1.165) is 29.2 Å². The van der Waals surface area contributed by atoms with Gasteiger partial charge in [-0.05, 0) is 35.2 Å². The number of benzene rings is 2. The molecule has 2 aromatic carbocycles. The van der Waals surface area contributed by atoms with Crippen LogP contribution >= 0.6 is 0 Å². The summed E-state index contributed by atoms with van der Waals surface area (Å²) >= 11 is 0. The second kappa shape index (κ2) is 7.54. The molecule has 0 aliphatic carbocycles. The number of likely N-dealkylation sites (tertiary alicyclic amines) is 1. The van der Waals surface area contributed by atoms with Crippen molar-refractivity contribution in [3.63, 3.8) is 0 Å². The van der Waals surface area contributed by atoms with Crippen LogP contribution in [0.25, 0.3) is 11.0 Å². The third kappa shape index (κ3) is 4.00. The quantitative estimate of drug-likeness (QED) is 0.649. The molecule has 1 aromatic heterocycles. The lowest BCUT2D eigenvalue weighted by Gasteiger charge is -2.19. The molecule has 3 aromatic rings. The van der Waals surface area contributed by atoms with E-state index < -0.39 is 0 Å². The van der Waals surface area contributed by atoms with Crippen molar-refractivity contribution in [2.45, 2.75) is 45.1 Å². The van der Waals surface area contributed by atoms with E-state index in [2.05, 4.69) is 43.5 Å². The average Bonchev–Trinajstić information content (AvgIpc) is 3.22. The summed E-state index contributed by atoms with van der Waals surface area (Å²) in [6.45, 7) is 8.60. The molecule has 1 aliphatic rings. The SMILES string of the molecule is CN1CC(c2nc3ccccc3n2CCOc2ccc(C(C)(C)C)cc2)CC1=O. The monoisotopic (exact) mass is 391 g/mol. The van der Waals surface area contributed by atoms with E-state index >= 15 is 0 Å². The van der Waals surface area contributed by atoms with Gasteiger partial charge < -0.3 is 14.2 Å². The molecule has 1 amide bonds. The van der Waals surface area contributed by atoms with Crippen LogP contribution in [0.3, 0.4) is 0 Å². The van der Waals surface area contributed by atoms with Gasteiger partial charge in [0.25, 0.3) is 0 Å². The van der Waals surface area contributed by atoms with Gasteiger partial charge in [-0.15, -0.1) is 0 Å². The van der Waals surface area contributed by atoms with Crippen molar-refractivity contribution in [2.24, 2.45) is 0 Å². The molecule has 1 aliphatic heterocycles. The zero-order chi connectivity index (χ0) is 20.6. The second-order valence-corrected chi connectivity index (χ2v) is 8.91. The second-order valence-electron chi connectivity index (χ2n) is 8.91. The number of carbonyl (C=O) groups is 1. The van der Waals surface area contributed by atoms with E-state index in [4.69, 9.17) is 9.72 Å². The third-order valence-electron chi connectivity index (χ3n) is 5.69. The molecule has 1 unspecified atom stereocenters. The Morgan fingerprint density at radius 3 is 2.48 bits per heavy atom. The minimum absolute atomic E-state index is 0.131. The molecule has 4 rings (SSSR count). The Balaban J connectivity index is 1.51. The number of fused-ring (bicyclic) bond motifs is 1. The summed E-state index contributed by atoms with van der Waals surface area (Å²) in [4.78, 5) is 18.7. The molecule has 5 heteroatoms. The number of likely N-dealkylation sites (N-methyl/N-ethyl adjacent to an activating group) is 1. The van der Waals surface area contributed by atoms with Crippen LogP contribution in [0.5, 0.6) is 5.75 Å². The Morgan fingerprint density at radius 2 is 1.83 bits per heavy atom. The summed E-state index contributed by atoms with van der Waals surface area (Å²) in [6.07, 6.45) is 0.523. The van der Waals surface area contributed by atoms with Gasteiger partial charge in [-0.3, -0.25) is 4.79 Å². The van der Waals surface area contributed by atoms with Crippen LogP contribution in [0.15, 0.2) is 48.5 Å². The van der Waals surface area contributed by atoms with E-state index in [9.17, 15) is 4.79 Å². The highest BCUT2D eigenvalue weighted by Gasteiger charge is 2.31. The molecule has 29 heavy (non-hydrogen) atoms. The molecular weight excluding hydrogens is 362 g/mol. The van der Waals surface area contributed by atoms with Crippen LogP contribution in [-0.4, -0.2) is 40.6 Å². The topological polar surface area (TPSA) is 47.4 Å². The Hall–Kier alpha value is -2.82. The van der Waals surface area contributed by atoms with Gasteiger partial charge in [0.2, 0.25) is 5.91 Å². The summed E-state index contributed by atoms with van der Waals surface area (Å²) in [5.41, 5.74) is 3.49. The number of imidazole rings is 1. The van der Waals surface area contributed by atoms with Crippen molar-refractivity contribution < 1.29 is 9.53 Å². The molecule has 0 spiro atoms. The zero-order valence-electron chi connectivity index (χ0n) is 17.7. The first-order valence-electron chi connectivity index (χ1n) is 10.3. The number of hydrogen-bond donors (Lipinski definition) is 0. The van der Waals surface area contributed by atoms with Gasteiger partial charge in [0, 0.05) is 25.9 Å². The number of hydrogen-bond acceptors (Lipinski definition) is 3. The lowest BCUT2D eigenvalue weighted by atomic mass is 9.87. The van der Waals surface area contributed by atoms with Crippen molar-refractivity contribution >= 4 is 16.9 Å². The Labute approximate surface area is 172 Å². The van der Waals surface area contributed by atoms with Gasteiger partial charge in [0.15, 0.2) is 0 Å². The van der Waals surface area contributed by atoms with Gasteiger partial charge in [-0.2, -0.15) is 0 Å². The highest BCUT2D eigenvalue weighted by atomic mass is 16.5. The fourth-order valence-corrected chi connectivity index (χ4v) is 3.98.